The minimum atomic E-state index is 0.493. The number of likely N-dealkylation sites (N-methyl/N-ethyl adjacent to an activating group) is 1. The van der Waals surface area contributed by atoms with Crippen LogP contribution in [-0.2, 0) is 0 Å². The lowest BCUT2D eigenvalue weighted by Gasteiger charge is -2.30. The first-order chi connectivity index (χ1) is 10.2. The zero-order chi connectivity index (χ0) is 14.8. The number of hydrogen-bond acceptors (Lipinski definition) is 3. The molecule has 1 aliphatic heterocycles. The quantitative estimate of drug-likeness (QED) is 0.842. The van der Waals surface area contributed by atoms with Gasteiger partial charge in [-0.15, -0.1) is 0 Å². The van der Waals surface area contributed by atoms with Crippen LogP contribution in [0.5, 0.6) is 0 Å². The lowest BCUT2D eigenvalue weighted by atomic mass is 9.90. The second kappa shape index (κ2) is 5.94. The Balaban J connectivity index is 2.05. The Morgan fingerprint density at radius 1 is 1.14 bits per heavy atom. The van der Waals surface area contributed by atoms with Crippen molar-refractivity contribution in [3.8, 4) is 11.3 Å². The van der Waals surface area contributed by atoms with Gasteiger partial charge in [0.1, 0.15) is 0 Å². The van der Waals surface area contributed by atoms with Crippen LogP contribution in [-0.4, -0.2) is 35.0 Å². The standard InChI is InChI=1S/C18H23N3/c1-13-6-4-8-16(14(13)2)18-17(19-9-10-20-18)15-7-5-11-21(3)12-15/h4,6,8-10,15H,5,7,11-12H2,1-3H3/t15-/m0/s1. The van der Waals surface area contributed by atoms with Crippen LogP contribution in [0.4, 0.5) is 0 Å². The van der Waals surface area contributed by atoms with Gasteiger partial charge in [-0.1, -0.05) is 18.2 Å². The van der Waals surface area contributed by atoms with Crippen molar-refractivity contribution in [3.05, 3.63) is 47.4 Å². The highest BCUT2D eigenvalue weighted by atomic mass is 15.1. The van der Waals surface area contributed by atoms with Crippen LogP contribution in [0, 0.1) is 13.8 Å². The molecule has 0 N–H and O–H groups in total. The Hall–Kier alpha value is -1.74. The van der Waals surface area contributed by atoms with E-state index < -0.39 is 0 Å². The average Bonchev–Trinajstić information content (AvgIpc) is 2.50. The monoisotopic (exact) mass is 281 g/mol. The summed E-state index contributed by atoms with van der Waals surface area (Å²) in [5, 5.41) is 0. The average molecular weight is 281 g/mol. The maximum atomic E-state index is 4.69. The second-order valence-corrected chi connectivity index (χ2v) is 6.14. The van der Waals surface area contributed by atoms with Crippen molar-refractivity contribution >= 4 is 0 Å². The maximum absolute atomic E-state index is 4.69. The number of rotatable bonds is 2. The van der Waals surface area contributed by atoms with E-state index in [0.717, 1.165) is 17.9 Å². The number of benzene rings is 1. The van der Waals surface area contributed by atoms with Crippen LogP contribution < -0.4 is 0 Å². The molecule has 0 saturated carbocycles. The van der Waals surface area contributed by atoms with Crippen molar-refractivity contribution in [1.29, 1.82) is 0 Å². The molecule has 1 aliphatic rings. The fourth-order valence-electron chi connectivity index (χ4n) is 3.25. The number of likely N-dealkylation sites (tertiary alicyclic amines) is 1. The Morgan fingerprint density at radius 2 is 1.95 bits per heavy atom. The molecule has 1 aromatic heterocycles. The molecule has 21 heavy (non-hydrogen) atoms. The third-order valence-corrected chi connectivity index (χ3v) is 4.60. The van der Waals surface area contributed by atoms with Crippen molar-refractivity contribution in [2.24, 2.45) is 0 Å². The molecular formula is C18H23N3. The third kappa shape index (κ3) is 2.84. The predicted octanol–water partition coefficient (Wildman–Crippen LogP) is 3.57. The molecule has 0 radical (unpaired) electrons. The van der Waals surface area contributed by atoms with Gasteiger partial charge >= 0.3 is 0 Å². The van der Waals surface area contributed by atoms with E-state index in [2.05, 4.69) is 49.0 Å². The fourth-order valence-corrected chi connectivity index (χ4v) is 3.25. The van der Waals surface area contributed by atoms with E-state index in [9.17, 15) is 0 Å². The van der Waals surface area contributed by atoms with Crippen LogP contribution >= 0.6 is 0 Å². The summed E-state index contributed by atoms with van der Waals surface area (Å²) in [6.45, 7) is 6.60. The molecule has 1 atom stereocenters. The van der Waals surface area contributed by atoms with Gasteiger partial charge in [-0.25, -0.2) is 0 Å². The number of hydrogen-bond donors (Lipinski definition) is 0. The van der Waals surface area contributed by atoms with Gasteiger partial charge in [0.05, 0.1) is 11.4 Å². The van der Waals surface area contributed by atoms with E-state index in [-0.39, 0.29) is 0 Å². The first kappa shape index (κ1) is 14.2. The van der Waals surface area contributed by atoms with Crippen LogP contribution in [0.25, 0.3) is 11.3 Å². The van der Waals surface area contributed by atoms with Crippen LogP contribution in [0.2, 0.25) is 0 Å². The largest absolute Gasteiger partial charge is 0.306 e. The summed E-state index contributed by atoms with van der Waals surface area (Å²) in [5.41, 5.74) is 6.08. The predicted molar refractivity (Wildman–Crippen MR) is 86.4 cm³/mol. The SMILES string of the molecule is Cc1cccc(-c2nccnc2[C@H]2CCCN(C)C2)c1C. The number of piperidine rings is 1. The van der Waals surface area contributed by atoms with E-state index in [1.165, 1.54) is 36.1 Å². The summed E-state index contributed by atoms with van der Waals surface area (Å²) in [4.78, 5) is 11.8. The number of aryl methyl sites for hydroxylation is 1. The first-order valence-corrected chi connectivity index (χ1v) is 7.73. The molecule has 3 heteroatoms. The Kier molecular flexibility index (Phi) is 4.02. The van der Waals surface area contributed by atoms with Crippen LogP contribution in [0.3, 0.4) is 0 Å². The van der Waals surface area contributed by atoms with Gasteiger partial charge in [0.15, 0.2) is 0 Å². The summed E-state index contributed by atoms with van der Waals surface area (Å²) in [6.07, 6.45) is 6.09. The lowest BCUT2D eigenvalue weighted by molar-refractivity contribution is 0.248. The molecule has 1 fully saturated rings. The molecule has 0 bridgehead atoms. The van der Waals surface area contributed by atoms with E-state index in [1.54, 1.807) is 0 Å². The summed E-state index contributed by atoms with van der Waals surface area (Å²) in [6, 6.07) is 6.44. The van der Waals surface area contributed by atoms with E-state index >= 15 is 0 Å². The van der Waals surface area contributed by atoms with Gasteiger partial charge in [-0.2, -0.15) is 0 Å². The molecule has 0 spiro atoms. The fraction of sp³-hybridized carbons (Fsp3) is 0.444. The van der Waals surface area contributed by atoms with Gasteiger partial charge < -0.3 is 4.90 Å². The summed E-state index contributed by atoms with van der Waals surface area (Å²) in [5.74, 6) is 0.493. The smallest absolute Gasteiger partial charge is 0.0923 e. The van der Waals surface area contributed by atoms with E-state index in [4.69, 9.17) is 4.98 Å². The molecule has 2 heterocycles. The topological polar surface area (TPSA) is 29.0 Å². The summed E-state index contributed by atoms with van der Waals surface area (Å²) >= 11 is 0. The molecule has 0 amide bonds. The normalized spacial score (nSPS) is 19.7. The summed E-state index contributed by atoms with van der Waals surface area (Å²) in [7, 11) is 2.19. The minimum absolute atomic E-state index is 0.493. The highest BCUT2D eigenvalue weighted by molar-refractivity contribution is 5.67. The van der Waals surface area contributed by atoms with E-state index in [0.29, 0.717) is 5.92 Å². The lowest BCUT2D eigenvalue weighted by Crippen LogP contribution is -2.31. The van der Waals surface area contributed by atoms with Crippen molar-refractivity contribution < 1.29 is 0 Å². The third-order valence-electron chi connectivity index (χ3n) is 4.60. The van der Waals surface area contributed by atoms with Crippen molar-refractivity contribution in [2.45, 2.75) is 32.6 Å². The molecule has 1 saturated heterocycles. The van der Waals surface area contributed by atoms with Crippen molar-refractivity contribution in [3.63, 3.8) is 0 Å². The molecule has 0 unspecified atom stereocenters. The summed E-state index contributed by atoms with van der Waals surface area (Å²) < 4.78 is 0. The zero-order valence-electron chi connectivity index (χ0n) is 13.1. The molecule has 2 aromatic rings. The van der Waals surface area contributed by atoms with Crippen LogP contribution in [0.1, 0.15) is 35.6 Å². The molecular weight excluding hydrogens is 258 g/mol. The van der Waals surface area contributed by atoms with Gasteiger partial charge in [-0.3, -0.25) is 9.97 Å². The van der Waals surface area contributed by atoms with Crippen molar-refractivity contribution in [2.75, 3.05) is 20.1 Å². The molecule has 0 aliphatic carbocycles. The van der Waals surface area contributed by atoms with Gasteiger partial charge in [0.2, 0.25) is 0 Å². The van der Waals surface area contributed by atoms with Crippen LogP contribution in [0.15, 0.2) is 30.6 Å². The van der Waals surface area contributed by atoms with Crippen molar-refractivity contribution in [1.82, 2.24) is 14.9 Å². The first-order valence-electron chi connectivity index (χ1n) is 7.73. The van der Waals surface area contributed by atoms with Gasteiger partial charge in [0, 0.05) is 30.4 Å². The maximum Gasteiger partial charge on any atom is 0.0923 e. The molecule has 1 aromatic carbocycles. The Morgan fingerprint density at radius 3 is 2.76 bits per heavy atom. The number of nitrogens with zero attached hydrogens (tertiary/aromatic N) is 3. The number of aromatic nitrogens is 2. The van der Waals surface area contributed by atoms with E-state index in [1.807, 2.05) is 12.4 Å². The van der Waals surface area contributed by atoms with Gasteiger partial charge in [0.25, 0.3) is 0 Å². The Bertz CT molecular complexity index is 636. The second-order valence-electron chi connectivity index (χ2n) is 6.14. The molecule has 3 rings (SSSR count). The van der Waals surface area contributed by atoms with Gasteiger partial charge in [-0.05, 0) is 51.4 Å². The molecule has 3 nitrogen and oxygen atoms in total. The Labute approximate surface area is 127 Å². The minimum Gasteiger partial charge on any atom is -0.306 e. The zero-order valence-corrected chi connectivity index (χ0v) is 13.1. The highest BCUT2D eigenvalue weighted by Gasteiger charge is 2.24. The molecule has 110 valence electrons. The highest BCUT2D eigenvalue weighted by Crippen LogP contribution is 2.33.